The molecule has 1 atom stereocenters. The van der Waals surface area contributed by atoms with E-state index in [0.717, 1.165) is 51.4 Å². The molecule has 0 bridgehead atoms. The fourth-order valence-electron chi connectivity index (χ4n) is 27.4. The minimum absolute atomic E-state index is 0.00193. The van der Waals surface area contributed by atoms with Crippen molar-refractivity contribution in [1.29, 1.82) is 0 Å². The van der Waals surface area contributed by atoms with Crippen molar-refractivity contribution in [3.8, 4) is 33.4 Å². The van der Waals surface area contributed by atoms with Crippen LogP contribution >= 0.6 is 22.7 Å². The van der Waals surface area contributed by atoms with E-state index in [1.165, 1.54) is 255 Å². The first-order valence-electron chi connectivity index (χ1n) is 54.1. The molecule has 8 heteroatoms. The summed E-state index contributed by atoms with van der Waals surface area (Å²) in [5.41, 5.74) is 47.1. The van der Waals surface area contributed by atoms with Crippen LogP contribution in [0.4, 0.5) is 68.2 Å². The largest absolute Gasteiger partial charge is 0.311 e. The Kier molecular flexibility index (Phi) is 21.1. The van der Waals surface area contributed by atoms with Gasteiger partial charge in [-0.25, -0.2) is 0 Å². The van der Waals surface area contributed by atoms with Crippen LogP contribution in [0.15, 0.2) is 255 Å². The summed E-state index contributed by atoms with van der Waals surface area (Å²) in [7, 11) is 0. The van der Waals surface area contributed by atoms with E-state index in [1.54, 1.807) is 0 Å². The van der Waals surface area contributed by atoms with Crippen LogP contribution in [0.1, 0.15) is 322 Å². The Morgan fingerprint density at radius 3 is 1.30 bits per heavy atom. The number of aryl methyl sites for hydroxylation is 2. The molecule has 0 amide bonds. The van der Waals surface area contributed by atoms with Gasteiger partial charge in [0.2, 0.25) is 0 Å². The molecule has 16 aromatic rings. The van der Waals surface area contributed by atoms with Gasteiger partial charge in [0.05, 0.1) is 22.7 Å². The van der Waals surface area contributed by atoms with E-state index in [2.05, 4.69) is 468 Å². The second kappa shape index (κ2) is 32.1. The van der Waals surface area contributed by atoms with Crippen LogP contribution in [0.2, 0.25) is 0 Å². The summed E-state index contributed by atoms with van der Waals surface area (Å²) < 4.78 is 5.53. The first kappa shape index (κ1) is 94.8. The van der Waals surface area contributed by atoms with Gasteiger partial charge in [0.25, 0.3) is 13.4 Å². The van der Waals surface area contributed by atoms with Crippen molar-refractivity contribution in [2.24, 2.45) is 0 Å². The second-order valence-electron chi connectivity index (χ2n) is 53.9. The third-order valence-electron chi connectivity index (χ3n) is 37.1. The molecule has 0 spiro atoms. The van der Waals surface area contributed by atoms with Crippen LogP contribution in [0.5, 0.6) is 0 Å². The van der Waals surface area contributed by atoms with E-state index in [1.807, 2.05) is 22.7 Å². The van der Waals surface area contributed by atoms with E-state index in [-0.39, 0.29) is 78.4 Å². The highest BCUT2D eigenvalue weighted by molar-refractivity contribution is 7.34. The molecule has 1 unspecified atom stereocenters. The van der Waals surface area contributed by atoms with Gasteiger partial charge < -0.3 is 19.6 Å². The smallest absolute Gasteiger partial charge is 0.264 e. The Balaban J connectivity index is 0.717. The van der Waals surface area contributed by atoms with Crippen LogP contribution < -0.4 is 51.0 Å². The fraction of sp³-hybridized carbons (Fsp3) is 0.368. The standard InChI is InChI=1S/C136H146B2N4S2/c1-81-67-114-120-115(68-81)141(109-54-46-88(126(6,7)8)72-108(109)138(120)123-121(95-50-44-89(127(9,10)11)74-118(95)144-123)139(114)91-48-51-99-101(75-91)131(18,19)58-56-129(99,14)15)111-80-106-104(78-97(111)94-41-35-34-40-93(94)84-37-30-29-31-38-84)135(26,27)63-65-136(106,28)64-62-128(12,13)90-45-53-107-112(73-90)142(110-79-105-103(133(22,23)60-61-134(105,24)25)77-96(110)86-43-42-83-36-32-33-39-85(83)70-86)116-69-82(2)66-113-119(116)137(107)124-122(98-71-87(125(3,4)5)47-55-117(98)143-124)140(113)92-49-52-100-102(76-92)132(20,21)59-57-130(100,16)17/h29-55,66-80H,56-65H2,1-28H3. The molecule has 144 heavy (non-hydrogen) atoms. The summed E-state index contributed by atoms with van der Waals surface area (Å²) in [5, 5.41) is 5.19. The molecule has 24 rings (SSSR count). The van der Waals surface area contributed by atoms with Gasteiger partial charge in [0, 0.05) is 86.4 Å². The summed E-state index contributed by atoms with van der Waals surface area (Å²) in [6, 6.07) is 104. The molecule has 4 aliphatic carbocycles. The lowest BCUT2D eigenvalue weighted by atomic mass is 9.36. The maximum Gasteiger partial charge on any atom is 0.264 e. The Bertz CT molecular complexity index is 8110. The van der Waals surface area contributed by atoms with E-state index in [4.69, 9.17) is 0 Å². The first-order valence-corrected chi connectivity index (χ1v) is 55.8. The summed E-state index contributed by atoms with van der Waals surface area (Å²) in [6.45, 7) is 69.3. The molecule has 0 saturated heterocycles. The van der Waals surface area contributed by atoms with Crippen molar-refractivity contribution in [3.05, 3.63) is 333 Å². The molecule has 2 aromatic heterocycles. The molecule has 6 heterocycles. The molecule has 4 nitrogen and oxygen atoms in total. The lowest BCUT2D eigenvalue weighted by Gasteiger charge is -2.48. The zero-order valence-electron chi connectivity index (χ0n) is 91.1. The fourth-order valence-corrected chi connectivity index (χ4v) is 30.1. The summed E-state index contributed by atoms with van der Waals surface area (Å²) in [4.78, 5) is 11.2. The lowest BCUT2D eigenvalue weighted by Crippen LogP contribution is -2.60. The van der Waals surface area contributed by atoms with Crippen LogP contribution in [-0.4, -0.2) is 13.4 Å². The normalized spacial score (nSPS) is 18.9. The van der Waals surface area contributed by atoms with E-state index in [0.29, 0.717) is 0 Å². The summed E-state index contributed by atoms with van der Waals surface area (Å²) >= 11 is 4.09. The number of nitrogens with zero attached hydrogens (tertiary/aromatic N) is 4. The Morgan fingerprint density at radius 1 is 0.278 bits per heavy atom. The summed E-state index contributed by atoms with van der Waals surface area (Å²) in [5.74, 6) is 0. The van der Waals surface area contributed by atoms with Gasteiger partial charge >= 0.3 is 0 Å². The molecule has 0 N–H and O–H groups in total. The predicted molar refractivity (Wildman–Crippen MR) is 629 cm³/mol. The molecule has 0 saturated carbocycles. The maximum absolute atomic E-state index is 2.84. The third-order valence-corrected chi connectivity index (χ3v) is 39.5. The number of hydrogen-bond acceptors (Lipinski definition) is 6. The average Bonchev–Trinajstić information content (AvgIpc) is 1.31. The van der Waals surface area contributed by atoms with Gasteiger partial charge in [-0.3, -0.25) is 0 Å². The highest BCUT2D eigenvalue weighted by Gasteiger charge is 2.53. The molecule has 0 fully saturated rings. The van der Waals surface area contributed by atoms with Crippen LogP contribution in [0, 0.1) is 13.8 Å². The number of rotatable bonds is 11. The Morgan fingerprint density at radius 2 is 0.715 bits per heavy atom. The summed E-state index contributed by atoms with van der Waals surface area (Å²) in [6.07, 6.45) is 10.9. The minimum Gasteiger partial charge on any atom is -0.311 e. The topological polar surface area (TPSA) is 13.0 Å². The highest BCUT2D eigenvalue weighted by Crippen LogP contribution is 2.62. The number of benzene rings is 14. The zero-order chi connectivity index (χ0) is 101. The van der Waals surface area contributed by atoms with Gasteiger partial charge in [-0.15, -0.1) is 22.7 Å². The van der Waals surface area contributed by atoms with Crippen LogP contribution in [-0.2, 0) is 65.0 Å². The number of anilines is 12. The predicted octanol–water partition coefficient (Wildman–Crippen LogP) is 35.1. The molecule has 4 aliphatic heterocycles. The molecular weight excluding hydrogens is 1780 g/mol. The van der Waals surface area contributed by atoms with Gasteiger partial charge in [0.15, 0.2) is 0 Å². The maximum atomic E-state index is 2.84. The first-order chi connectivity index (χ1) is 67.9. The average molecular weight is 1920 g/mol. The Labute approximate surface area is 868 Å². The number of fused-ring (bicyclic) bond motifs is 17. The molecular formula is C136H146B2N4S2. The SMILES string of the molecule is Cc1cc2c3c(c1)N(c1ccc4c(c1)C(C)(C)CCC4(C)C)c1c(sc4ccc(C(C)(C)C)cc14)B3c1ccc(C(C)(C)CCC3(C)CCC(C)(C)c4cc(-c5ccccc5-c5ccccc5)c(N5c6ccc(C(C)(C)C)cc6B6c7sc8cc(C(C)(C)C)ccc8c7N(c7ccc8c(c7)C(C)(C)CCC8(C)C)c7cc(C)cc5c76)cc43)cc1N2c1cc2c(cc1-c1ccc3ccccc3c1)C(C)(C)CCC2(C)C. The van der Waals surface area contributed by atoms with Crippen LogP contribution in [0.25, 0.3) is 64.3 Å². The van der Waals surface area contributed by atoms with Crippen molar-refractivity contribution in [2.45, 2.75) is 323 Å². The van der Waals surface area contributed by atoms with E-state index in [9.17, 15) is 0 Å². The highest BCUT2D eigenvalue weighted by atomic mass is 32.1. The molecule has 14 aromatic carbocycles. The van der Waals surface area contributed by atoms with Gasteiger partial charge in [-0.2, -0.15) is 0 Å². The third kappa shape index (κ3) is 14.8. The zero-order valence-corrected chi connectivity index (χ0v) is 92.7. The minimum atomic E-state index is -0.318. The van der Waals surface area contributed by atoms with Crippen molar-refractivity contribution in [3.63, 3.8) is 0 Å². The Hall–Kier alpha value is -11.4. The van der Waals surface area contributed by atoms with E-state index >= 15 is 0 Å². The monoisotopic (exact) mass is 1920 g/mol. The van der Waals surface area contributed by atoms with E-state index < -0.39 is 0 Å². The van der Waals surface area contributed by atoms with Crippen molar-refractivity contribution in [1.82, 2.24) is 0 Å². The van der Waals surface area contributed by atoms with Gasteiger partial charge in [-0.1, -0.05) is 326 Å². The van der Waals surface area contributed by atoms with Gasteiger partial charge in [-0.05, 0) is 385 Å². The quantitative estimate of drug-likeness (QED) is 0.120. The van der Waals surface area contributed by atoms with Crippen molar-refractivity contribution in [2.75, 3.05) is 19.6 Å². The lowest BCUT2D eigenvalue weighted by molar-refractivity contribution is 0.272. The molecule has 8 aliphatic rings. The number of thiophene rings is 2. The van der Waals surface area contributed by atoms with Crippen molar-refractivity contribution >= 4 is 167 Å². The van der Waals surface area contributed by atoms with Crippen molar-refractivity contribution < 1.29 is 0 Å². The second-order valence-corrected chi connectivity index (χ2v) is 56.1. The van der Waals surface area contributed by atoms with Gasteiger partial charge in [0.1, 0.15) is 0 Å². The molecule has 0 radical (unpaired) electrons. The molecule has 728 valence electrons. The van der Waals surface area contributed by atoms with Crippen LogP contribution in [0.3, 0.4) is 0 Å². The number of hydrogen-bond donors (Lipinski definition) is 0.